The van der Waals surface area contributed by atoms with Crippen LogP contribution in [-0.2, 0) is 0 Å². The minimum atomic E-state index is -0.928. The van der Waals surface area contributed by atoms with E-state index in [2.05, 4.69) is 20.6 Å². The number of carbonyl (C=O) groups excluding carboxylic acids is 1. The molecule has 2 aromatic carbocycles. The Kier molecular flexibility index (Phi) is 5.21. The molecule has 142 valence electrons. The molecule has 3 aromatic rings. The first-order valence-corrected chi connectivity index (χ1v) is 7.94. The SMILES string of the molecule is CC(=O)c1ccc(Nc2ncnc(Nc3ccc(F)cc3F)c2[N+](=O)[O-])cc1. The summed E-state index contributed by atoms with van der Waals surface area (Å²) in [6, 6.07) is 9.00. The maximum atomic E-state index is 13.9. The Morgan fingerprint density at radius 1 is 1.04 bits per heavy atom. The minimum absolute atomic E-state index is 0.118. The molecule has 8 nitrogen and oxygen atoms in total. The number of carbonyl (C=O) groups is 1. The van der Waals surface area contributed by atoms with Crippen LogP contribution in [-0.4, -0.2) is 20.7 Å². The molecular formula is C18H13F2N5O3. The summed E-state index contributed by atoms with van der Waals surface area (Å²) in [7, 11) is 0. The number of aromatic nitrogens is 2. The fourth-order valence-corrected chi connectivity index (χ4v) is 2.38. The third-order valence-electron chi connectivity index (χ3n) is 3.74. The number of benzene rings is 2. The lowest BCUT2D eigenvalue weighted by Crippen LogP contribution is -2.06. The summed E-state index contributed by atoms with van der Waals surface area (Å²) in [5, 5.41) is 16.8. The Morgan fingerprint density at radius 2 is 1.68 bits per heavy atom. The zero-order chi connectivity index (χ0) is 20.3. The zero-order valence-electron chi connectivity index (χ0n) is 14.4. The number of anilines is 4. The molecule has 0 amide bonds. The lowest BCUT2D eigenvalue weighted by Gasteiger charge is -2.11. The zero-order valence-corrected chi connectivity index (χ0v) is 14.4. The van der Waals surface area contributed by atoms with Gasteiger partial charge in [0.1, 0.15) is 18.0 Å². The number of hydrogen-bond donors (Lipinski definition) is 2. The van der Waals surface area contributed by atoms with E-state index in [1.54, 1.807) is 24.3 Å². The highest BCUT2D eigenvalue weighted by Gasteiger charge is 2.24. The standard InChI is InChI=1S/C18H13F2N5O3/c1-10(26)11-2-5-13(6-3-11)23-17-16(25(27)28)18(22-9-21-17)24-15-7-4-12(19)8-14(15)20/h2-9H,1H3,(H2,21,22,23,24). The number of rotatable bonds is 6. The largest absolute Gasteiger partial charge is 0.353 e. The average molecular weight is 385 g/mol. The van der Waals surface area contributed by atoms with Crippen molar-refractivity contribution in [2.45, 2.75) is 6.92 Å². The van der Waals surface area contributed by atoms with E-state index in [1.807, 2.05) is 0 Å². The number of nitrogens with one attached hydrogen (secondary N) is 2. The second-order valence-corrected chi connectivity index (χ2v) is 5.68. The van der Waals surface area contributed by atoms with Crippen molar-refractivity contribution >= 4 is 34.5 Å². The van der Waals surface area contributed by atoms with E-state index in [0.717, 1.165) is 18.5 Å². The van der Waals surface area contributed by atoms with Crippen molar-refractivity contribution in [2.75, 3.05) is 10.6 Å². The van der Waals surface area contributed by atoms with Gasteiger partial charge in [0.05, 0.1) is 10.6 Å². The molecule has 2 N–H and O–H groups in total. The van der Waals surface area contributed by atoms with Gasteiger partial charge in [-0.2, -0.15) is 0 Å². The highest BCUT2D eigenvalue weighted by atomic mass is 19.1. The second-order valence-electron chi connectivity index (χ2n) is 5.68. The molecule has 28 heavy (non-hydrogen) atoms. The van der Waals surface area contributed by atoms with Gasteiger partial charge in [0.15, 0.2) is 5.78 Å². The topological polar surface area (TPSA) is 110 Å². The molecule has 0 bridgehead atoms. The molecule has 0 unspecified atom stereocenters. The van der Waals surface area contributed by atoms with Crippen LogP contribution in [0.1, 0.15) is 17.3 Å². The quantitative estimate of drug-likeness (QED) is 0.369. The fourth-order valence-electron chi connectivity index (χ4n) is 2.38. The smallest absolute Gasteiger partial charge is 0.334 e. The molecule has 0 aliphatic rings. The Morgan fingerprint density at radius 3 is 2.25 bits per heavy atom. The number of Topliss-reactive ketones (excluding diaryl/α,β-unsaturated/α-hetero) is 1. The van der Waals surface area contributed by atoms with Crippen LogP contribution in [0.4, 0.5) is 37.5 Å². The van der Waals surface area contributed by atoms with Crippen LogP contribution in [0.25, 0.3) is 0 Å². The van der Waals surface area contributed by atoms with Crippen molar-refractivity contribution in [3.8, 4) is 0 Å². The molecular weight excluding hydrogens is 372 g/mol. The van der Waals surface area contributed by atoms with Gasteiger partial charge in [-0.25, -0.2) is 18.7 Å². The van der Waals surface area contributed by atoms with Crippen LogP contribution in [0.2, 0.25) is 0 Å². The highest BCUT2D eigenvalue weighted by Crippen LogP contribution is 2.33. The summed E-state index contributed by atoms with van der Waals surface area (Å²) < 4.78 is 26.9. The first-order chi connectivity index (χ1) is 13.3. The summed E-state index contributed by atoms with van der Waals surface area (Å²) in [4.78, 5) is 29.8. The maximum absolute atomic E-state index is 13.9. The normalized spacial score (nSPS) is 10.4. The Balaban J connectivity index is 1.95. The van der Waals surface area contributed by atoms with Crippen LogP contribution in [0, 0.1) is 21.7 Å². The summed E-state index contributed by atoms with van der Waals surface area (Å²) in [6.07, 6.45) is 1.06. The van der Waals surface area contributed by atoms with Gasteiger partial charge in [0.25, 0.3) is 0 Å². The molecule has 0 radical (unpaired) electrons. The lowest BCUT2D eigenvalue weighted by molar-refractivity contribution is -0.383. The van der Waals surface area contributed by atoms with Crippen molar-refractivity contribution < 1.29 is 18.5 Å². The van der Waals surface area contributed by atoms with Crippen molar-refractivity contribution in [2.24, 2.45) is 0 Å². The molecule has 0 saturated heterocycles. The Hall–Kier alpha value is -3.95. The third-order valence-corrected chi connectivity index (χ3v) is 3.74. The molecule has 0 spiro atoms. The molecule has 1 aromatic heterocycles. The highest BCUT2D eigenvalue weighted by molar-refractivity contribution is 5.94. The van der Waals surface area contributed by atoms with Crippen LogP contribution < -0.4 is 10.6 Å². The Labute approximate surface area is 157 Å². The van der Waals surface area contributed by atoms with E-state index >= 15 is 0 Å². The summed E-state index contributed by atoms with van der Waals surface area (Å²) in [6.45, 7) is 1.42. The van der Waals surface area contributed by atoms with E-state index < -0.39 is 22.2 Å². The van der Waals surface area contributed by atoms with Gasteiger partial charge in [-0.15, -0.1) is 0 Å². The summed E-state index contributed by atoms with van der Waals surface area (Å²) in [5.41, 5.74) is 0.226. The molecule has 0 fully saturated rings. The average Bonchev–Trinajstić information content (AvgIpc) is 2.64. The molecule has 3 rings (SSSR count). The van der Waals surface area contributed by atoms with Gasteiger partial charge < -0.3 is 10.6 Å². The molecule has 0 aliphatic heterocycles. The van der Waals surface area contributed by atoms with Crippen molar-refractivity contribution in [1.29, 1.82) is 0 Å². The summed E-state index contributed by atoms with van der Waals surface area (Å²) >= 11 is 0. The number of ketones is 1. The molecule has 0 atom stereocenters. The minimum Gasteiger partial charge on any atom is -0.334 e. The number of nitro groups is 1. The van der Waals surface area contributed by atoms with Gasteiger partial charge in [0.2, 0.25) is 11.6 Å². The van der Waals surface area contributed by atoms with Crippen LogP contribution in [0.3, 0.4) is 0 Å². The second kappa shape index (κ2) is 7.74. The first kappa shape index (κ1) is 18.8. The predicted molar refractivity (Wildman–Crippen MR) is 98.1 cm³/mol. The van der Waals surface area contributed by atoms with E-state index in [4.69, 9.17) is 0 Å². The van der Waals surface area contributed by atoms with Crippen LogP contribution in [0.15, 0.2) is 48.8 Å². The van der Waals surface area contributed by atoms with Gasteiger partial charge in [-0.3, -0.25) is 14.9 Å². The fraction of sp³-hybridized carbons (Fsp3) is 0.0556. The molecule has 1 heterocycles. The maximum Gasteiger partial charge on any atom is 0.353 e. The molecule has 10 heteroatoms. The van der Waals surface area contributed by atoms with Crippen LogP contribution in [0.5, 0.6) is 0 Å². The first-order valence-electron chi connectivity index (χ1n) is 7.94. The number of nitrogens with zero attached hydrogens (tertiary/aromatic N) is 3. The predicted octanol–water partition coefficient (Wildman–Crippen LogP) is 4.35. The van der Waals surface area contributed by atoms with E-state index in [9.17, 15) is 23.7 Å². The number of hydrogen-bond acceptors (Lipinski definition) is 7. The lowest BCUT2D eigenvalue weighted by atomic mass is 10.1. The third kappa shape index (κ3) is 4.06. The molecule has 0 aliphatic carbocycles. The van der Waals surface area contributed by atoms with Crippen molar-refractivity contribution in [1.82, 2.24) is 9.97 Å². The van der Waals surface area contributed by atoms with E-state index in [-0.39, 0.29) is 23.1 Å². The van der Waals surface area contributed by atoms with E-state index in [0.29, 0.717) is 17.3 Å². The van der Waals surface area contributed by atoms with Crippen molar-refractivity contribution in [3.63, 3.8) is 0 Å². The Bertz CT molecular complexity index is 1060. The van der Waals surface area contributed by atoms with Gasteiger partial charge in [0, 0.05) is 17.3 Å². The number of halogens is 2. The van der Waals surface area contributed by atoms with Gasteiger partial charge >= 0.3 is 5.69 Å². The monoisotopic (exact) mass is 385 g/mol. The van der Waals surface area contributed by atoms with Crippen molar-refractivity contribution in [3.05, 3.63) is 76.1 Å². The van der Waals surface area contributed by atoms with E-state index in [1.165, 1.54) is 6.92 Å². The van der Waals surface area contributed by atoms with Crippen LogP contribution >= 0.6 is 0 Å². The summed E-state index contributed by atoms with van der Waals surface area (Å²) in [5.74, 6) is -2.24. The van der Waals surface area contributed by atoms with Gasteiger partial charge in [-0.05, 0) is 43.3 Å². The molecule has 0 saturated carbocycles. The van der Waals surface area contributed by atoms with Gasteiger partial charge in [-0.1, -0.05) is 0 Å².